The third-order valence-electron chi connectivity index (χ3n) is 5.72. The third-order valence-corrected chi connectivity index (χ3v) is 7.00. The van der Waals surface area contributed by atoms with Gasteiger partial charge in [0.2, 0.25) is 0 Å². The van der Waals surface area contributed by atoms with E-state index in [1.807, 2.05) is 72.8 Å². The molecule has 2 N–H and O–H groups in total. The molecule has 0 bridgehead atoms. The van der Waals surface area contributed by atoms with Crippen LogP contribution in [0.2, 0.25) is 0 Å². The van der Waals surface area contributed by atoms with Gasteiger partial charge in [-0.25, -0.2) is 4.79 Å². The van der Waals surface area contributed by atoms with Crippen molar-refractivity contribution in [2.24, 2.45) is 0 Å². The van der Waals surface area contributed by atoms with Gasteiger partial charge >= 0.3 is 11.9 Å². The molecule has 6 nitrogen and oxygen atoms in total. The first-order valence-corrected chi connectivity index (χ1v) is 13.8. The number of rotatable bonds is 17. The van der Waals surface area contributed by atoms with Crippen molar-refractivity contribution in [3.8, 4) is 11.5 Å². The maximum Gasteiger partial charge on any atom is 0.335 e. The van der Waals surface area contributed by atoms with E-state index in [1.165, 1.54) is 0 Å². The number of hydrogen-bond acceptors (Lipinski definition) is 5. The highest BCUT2D eigenvalue weighted by Gasteiger charge is 2.10. The van der Waals surface area contributed by atoms with Crippen molar-refractivity contribution in [1.29, 1.82) is 0 Å². The number of hydrogen-bond donors (Lipinski definition) is 2. The Morgan fingerprint density at radius 2 is 1.50 bits per heavy atom. The summed E-state index contributed by atoms with van der Waals surface area (Å²) >= 11 is 1.70. The molecule has 0 aliphatic carbocycles. The second kappa shape index (κ2) is 16.2. The van der Waals surface area contributed by atoms with Gasteiger partial charge in [-0.05, 0) is 67.3 Å². The van der Waals surface area contributed by atoms with Gasteiger partial charge in [-0.2, -0.15) is 11.8 Å². The second-order valence-electron chi connectivity index (χ2n) is 8.73. The highest BCUT2D eigenvalue weighted by atomic mass is 32.2. The zero-order chi connectivity index (χ0) is 27.0. The number of benzene rings is 3. The van der Waals surface area contributed by atoms with Gasteiger partial charge in [0.25, 0.3) is 0 Å². The van der Waals surface area contributed by atoms with Crippen LogP contribution in [0.15, 0.2) is 84.9 Å². The van der Waals surface area contributed by atoms with Crippen LogP contribution in [0.4, 0.5) is 0 Å². The van der Waals surface area contributed by atoms with Crippen LogP contribution in [0.5, 0.6) is 11.5 Å². The Kier molecular flexibility index (Phi) is 12.3. The molecule has 0 heterocycles. The Morgan fingerprint density at radius 1 is 0.816 bits per heavy atom. The topological polar surface area (TPSA) is 93.1 Å². The van der Waals surface area contributed by atoms with Gasteiger partial charge in [0.05, 0.1) is 18.8 Å². The fraction of sp³-hybridized carbons (Fsp3) is 0.290. The molecule has 38 heavy (non-hydrogen) atoms. The lowest BCUT2D eigenvalue weighted by Gasteiger charge is -2.14. The summed E-state index contributed by atoms with van der Waals surface area (Å²) in [6, 6.07) is 24.6. The van der Waals surface area contributed by atoms with Crippen LogP contribution in [0.25, 0.3) is 6.08 Å². The van der Waals surface area contributed by atoms with E-state index in [9.17, 15) is 9.59 Å². The van der Waals surface area contributed by atoms with E-state index in [0.717, 1.165) is 41.2 Å². The van der Waals surface area contributed by atoms with Crippen molar-refractivity contribution < 1.29 is 29.3 Å². The number of para-hydroxylation sites is 2. The van der Waals surface area contributed by atoms with Gasteiger partial charge in [-0.15, -0.1) is 0 Å². The van der Waals surface area contributed by atoms with Gasteiger partial charge in [0, 0.05) is 17.2 Å². The first-order chi connectivity index (χ1) is 18.5. The van der Waals surface area contributed by atoms with E-state index < -0.39 is 11.9 Å². The van der Waals surface area contributed by atoms with Crippen LogP contribution < -0.4 is 9.47 Å². The fourth-order valence-electron chi connectivity index (χ4n) is 3.71. The molecule has 3 aromatic carbocycles. The minimum atomic E-state index is -0.948. The zero-order valence-corrected chi connectivity index (χ0v) is 22.1. The average Bonchev–Trinajstić information content (AvgIpc) is 2.92. The van der Waals surface area contributed by atoms with Crippen LogP contribution in [-0.2, 0) is 11.2 Å². The van der Waals surface area contributed by atoms with Crippen molar-refractivity contribution in [2.45, 2.75) is 37.4 Å². The normalized spacial score (nSPS) is 11.8. The molecule has 3 rings (SSSR count). The maximum absolute atomic E-state index is 11.2. The maximum atomic E-state index is 11.2. The summed E-state index contributed by atoms with van der Waals surface area (Å²) in [5, 5.41) is 18.2. The summed E-state index contributed by atoms with van der Waals surface area (Å²) < 4.78 is 11.8. The number of aromatic carboxylic acids is 1. The lowest BCUT2D eigenvalue weighted by Crippen LogP contribution is -2.06. The van der Waals surface area contributed by atoms with Gasteiger partial charge < -0.3 is 19.7 Å². The van der Waals surface area contributed by atoms with E-state index in [4.69, 9.17) is 19.7 Å². The minimum Gasteiger partial charge on any atom is -0.494 e. The SMILES string of the molecule is O=C(O)CCCSC(/C=C/c1ccccc1OCCCCOc1ccccc1)Cc1ccc(C(=O)O)cc1. The van der Waals surface area contributed by atoms with Gasteiger partial charge in [0.15, 0.2) is 0 Å². The van der Waals surface area contributed by atoms with E-state index in [0.29, 0.717) is 26.1 Å². The van der Waals surface area contributed by atoms with Crippen molar-refractivity contribution in [3.63, 3.8) is 0 Å². The number of carboxylic acid groups (broad SMARTS) is 2. The standard InChI is InChI=1S/C31H34O6S/c32-30(33)13-8-22-38-28(23-24-14-16-26(17-15-24)31(34)35)19-18-25-9-4-5-12-29(25)37-21-7-6-20-36-27-10-2-1-3-11-27/h1-5,9-12,14-19,28H,6-8,13,20-23H2,(H,32,33)(H,34,35)/b19-18+. The molecule has 0 amide bonds. The molecule has 0 aromatic heterocycles. The average molecular weight is 535 g/mol. The summed E-state index contributed by atoms with van der Waals surface area (Å²) in [7, 11) is 0. The number of carboxylic acids is 2. The van der Waals surface area contributed by atoms with E-state index in [-0.39, 0.29) is 17.2 Å². The van der Waals surface area contributed by atoms with E-state index >= 15 is 0 Å². The number of ether oxygens (including phenoxy) is 2. The molecule has 200 valence electrons. The smallest absolute Gasteiger partial charge is 0.335 e. The molecule has 0 saturated heterocycles. The predicted molar refractivity (Wildman–Crippen MR) is 152 cm³/mol. The Labute approximate surface area is 228 Å². The Bertz CT molecular complexity index is 1160. The molecular formula is C31H34O6S. The Balaban J connectivity index is 1.56. The van der Waals surface area contributed by atoms with Gasteiger partial charge in [0.1, 0.15) is 11.5 Å². The molecule has 0 spiro atoms. The molecule has 3 aromatic rings. The molecule has 0 aliphatic rings. The highest BCUT2D eigenvalue weighted by Crippen LogP contribution is 2.24. The van der Waals surface area contributed by atoms with Crippen molar-refractivity contribution in [1.82, 2.24) is 0 Å². The molecular weight excluding hydrogens is 500 g/mol. The Morgan fingerprint density at radius 3 is 2.21 bits per heavy atom. The number of unbranched alkanes of at least 4 members (excludes halogenated alkanes) is 1. The Hall–Kier alpha value is -3.71. The molecule has 0 aliphatic heterocycles. The lowest BCUT2D eigenvalue weighted by molar-refractivity contribution is -0.137. The van der Waals surface area contributed by atoms with Crippen LogP contribution in [0.3, 0.4) is 0 Å². The van der Waals surface area contributed by atoms with E-state index in [2.05, 4.69) is 6.08 Å². The summed E-state index contributed by atoms with van der Waals surface area (Å²) in [6.07, 6.45) is 7.38. The number of thioether (sulfide) groups is 1. The van der Waals surface area contributed by atoms with E-state index in [1.54, 1.807) is 23.9 Å². The first-order valence-electron chi connectivity index (χ1n) is 12.7. The highest BCUT2D eigenvalue weighted by molar-refractivity contribution is 8.00. The summed E-state index contributed by atoms with van der Waals surface area (Å²) in [5.41, 5.74) is 2.26. The summed E-state index contributed by atoms with van der Waals surface area (Å²) in [5.74, 6) is 0.666. The van der Waals surface area contributed by atoms with Crippen molar-refractivity contribution >= 4 is 29.8 Å². The minimum absolute atomic E-state index is 0.0997. The van der Waals surface area contributed by atoms with Crippen LogP contribution in [0, 0.1) is 0 Å². The molecule has 1 unspecified atom stereocenters. The monoisotopic (exact) mass is 534 g/mol. The number of aliphatic carboxylic acids is 1. The lowest BCUT2D eigenvalue weighted by atomic mass is 10.1. The van der Waals surface area contributed by atoms with Gasteiger partial charge in [-0.1, -0.05) is 60.7 Å². The second-order valence-corrected chi connectivity index (χ2v) is 10.1. The molecule has 0 saturated carbocycles. The molecule has 7 heteroatoms. The van der Waals surface area contributed by atoms with Crippen LogP contribution in [0.1, 0.15) is 47.2 Å². The molecule has 0 radical (unpaired) electrons. The third kappa shape index (κ3) is 10.7. The molecule has 1 atom stereocenters. The van der Waals surface area contributed by atoms with Crippen molar-refractivity contribution in [3.05, 3.63) is 102 Å². The summed E-state index contributed by atoms with van der Waals surface area (Å²) in [4.78, 5) is 22.0. The van der Waals surface area contributed by atoms with Crippen molar-refractivity contribution in [2.75, 3.05) is 19.0 Å². The largest absolute Gasteiger partial charge is 0.494 e. The quantitative estimate of drug-likeness (QED) is 0.183. The fourth-order valence-corrected chi connectivity index (χ4v) is 4.82. The first kappa shape index (κ1) is 28.9. The molecule has 0 fully saturated rings. The van der Waals surface area contributed by atoms with Gasteiger partial charge in [-0.3, -0.25) is 4.79 Å². The predicted octanol–water partition coefficient (Wildman–Crippen LogP) is 6.85. The summed E-state index contributed by atoms with van der Waals surface area (Å²) in [6.45, 7) is 1.23. The van der Waals surface area contributed by atoms with Crippen LogP contribution >= 0.6 is 11.8 Å². The zero-order valence-electron chi connectivity index (χ0n) is 21.3. The van der Waals surface area contributed by atoms with Crippen LogP contribution in [-0.4, -0.2) is 46.4 Å². The number of carbonyl (C=O) groups is 2.